The molecule has 0 radical (unpaired) electrons. The molecule has 0 atom stereocenters. The van der Waals surface area contributed by atoms with E-state index in [9.17, 15) is 0 Å². The fourth-order valence-electron chi connectivity index (χ4n) is 1.62. The molecule has 4 heteroatoms. The van der Waals surface area contributed by atoms with Gasteiger partial charge in [0, 0.05) is 24.7 Å². The van der Waals surface area contributed by atoms with E-state index in [0.717, 1.165) is 21.2 Å². The van der Waals surface area contributed by atoms with Gasteiger partial charge in [-0.3, -0.25) is 0 Å². The van der Waals surface area contributed by atoms with Crippen LogP contribution in [0.1, 0.15) is 11.1 Å². The van der Waals surface area contributed by atoms with Gasteiger partial charge in [-0.2, -0.15) is 0 Å². The Morgan fingerprint density at radius 2 is 1.83 bits per heavy atom. The van der Waals surface area contributed by atoms with E-state index < -0.39 is 0 Å². The molecule has 0 saturated carbocycles. The van der Waals surface area contributed by atoms with Crippen molar-refractivity contribution >= 4 is 60.1 Å². The minimum atomic E-state index is 0.806. The molecule has 0 fully saturated rings. The molecular formula is C14H12Br2IN. The van der Waals surface area contributed by atoms with Crippen LogP contribution in [-0.2, 0) is 6.54 Å². The van der Waals surface area contributed by atoms with Crippen LogP contribution in [0.3, 0.4) is 0 Å². The molecule has 18 heavy (non-hydrogen) atoms. The second-order valence-corrected chi connectivity index (χ2v) is 7.03. The van der Waals surface area contributed by atoms with Gasteiger partial charge in [-0.15, -0.1) is 0 Å². The second kappa shape index (κ2) is 6.39. The minimum Gasteiger partial charge on any atom is -0.380 e. The Morgan fingerprint density at radius 3 is 2.50 bits per heavy atom. The predicted octanol–water partition coefficient (Wildman–Crippen LogP) is 5.74. The Kier molecular flexibility index (Phi) is 5.09. The lowest BCUT2D eigenvalue weighted by Crippen LogP contribution is -2.01. The van der Waals surface area contributed by atoms with Gasteiger partial charge < -0.3 is 5.32 Å². The van der Waals surface area contributed by atoms with E-state index in [1.165, 1.54) is 14.7 Å². The van der Waals surface area contributed by atoms with Crippen LogP contribution in [0.4, 0.5) is 5.69 Å². The highest BCUT2D eigenvalue weighted by Gasteiger charge is 2.03. The molecule has 2 aromatic carbocycles. The van der Waals surface area contributed by atoms with Crippen molar-refractivity contribution in [3.8, 4) is 0 Å². The number of anilines is 1. The van der Waals surface area contributed by atoms with E-state index in [1.807, 2.05) is 0 Å². The number of hydrogen-bond donors (Lipinski definition) is 1. The first kappa shape index (κ1) is 14.3. The highest BCUT2D eigenvalue weighted by atomic mass is 127. The SMILES string of the molecule is Cc1ccc(CNc2ccc(I)cc2Br)c(Br)c1. The maximum Gasteiger partial charge on any atom is 0.0488 e. The number of nitrogens with one attached hydrogen (secondary N) is 1. The Bertz CT molecular complexity index is 518. The third-order valence-corrected chi connectivity index (χ3v) is 4.67. The van der Waals surface area contributed by atoms with E-state index in [4.69, 9.17) is 0 Å². The summed E-state index contributed by atoms with van der Waals surface area (Å²) < 4.78 is 3.47. The van der Waals surface area contributed by atoms with Crippen molar-refractivity contribution in [3.63, 3.8) is 0 Å². The van der Waals surface area contributed by atoms with E-state index in [2.05, 4.69) is 103 Å². The van der Waals surface area contributed by atoms with Gasteiger partial charge in [0.2, 0.25) is 0 Å². The summed E-state index contributed by atoms with van der Waals surface area (Å²) in [7, 11) is 0. The number of aryl methyl sites for hydroxylation is 1. The molecule has 0 aromatic heterocycles. The molecule has 2 aromatic rings. The molecular weight excluding hydrogens is 469 g/mol. The van der Waals surface area contributed by atoms with Gasteiger partial charge in [-0.25, -0.2) is 0 Å². The number of rotatable bonds is 3. The molecule has 2 rings (SSSR count). The zero-order valence-corrected chi connectivity index (χ0v) is 15.1. The first-order valence-electron chi connectivity index (χ1n) is 5.50. The van der Waals surface area contributed by atoms with Crippen LogP contribution in [0.2, 0.25) is 0 Å². The third-order valence-electron chi connectivity index (χ3n) is 2.61. The second-order valence-electron chi connectivity index (χ2n) is 4.07. The van der Waals surface area contributed by atoms with Crippen molar-refractivity contribution in [2.75, 3.05) is 5.32 Å². The Hall–Kier alpha value is -0.0700. The van der Waals surface area contributed by atoms with Gasteiger partial charge in [-0.05, 0) is 80.8 Å². The van der Waals surface area contributed by atoms with E-state index in [-0.39, 0.29) is 0 Å². The summed E-state index contributed by atoms with van der Waals surface area (Å²) in [6.45, 7) is 2.90. The molecule has 0 spiro atoms. The van der Waals surface area contributed by atoms with Crippen molar-refractivity contribution in [1.29, 1.82) is 0 Å². The smallest absolute Gasteiger partial charge is 0.0488 e. The van der Waals surface area contributed by atoms with E-state index in [1.54, 1.807) is 0 Å². The lowest BCUT2D eigenvalue weighted by atomic mass is 10.1. The molecule has 0 amide bonds. The molecule has 0 saturated heterocycles. The van der Waals surface area contributed by atoms with Crippen LogP contribution in [0.5, 0.6) is 0 Å². The van der Waals surface area contributed by atoms with Gasteiger partial charge >= 0.3 is 0 Å². The van der Waals surface area contributed by atoms with Crippen molar-refractivity contribution in [2.24, 2.45) is 0 Å². The molecule has 0 unspecified atom stereocenters. The van der Waals surface area contributed by atoms with E-state index >= 15 is 0 Å². The topological polar surface area (TPSA) is 12.0 Å². The average molecular weight is 481 g/mol. The lowest BCUT2D eigenvalue weighted by molar-refractivity contribution is 1.13. The maximum atomic E-state index is 3.60. The maximum absolute atomic E-state index is 3.60. The summed E-state index contributed by atoms with van der Waals surface area (Å²) in [6, 6.07) is 12.7. The fraction of sp³-hybridized carbons (Fsp3) is 0.143. The Labute approximate surface area is 138 Å². The van der Waals surface area contributed by atoms with Gasteiger partial charge in [0.05, 0.1) is 0 Å². The largest absolute Gasteiger partial charge is 0.380 e. The van der Waals surface area contributed by atoms with Gasteiger partial charge in [0.1, 0.15) is 0 Å². The zero-order valence-electron chi connectivity index (χ0n) is 9.81. The van der Waals surface area contributed by atoms with Crippen LogP contribution < -0.4 is 5.32 Å². The average Bonchev–Trinajstić information content (AvgIpc) is 2.30. The van der Waals surface area contributed by atoms with Crippen LogP contribution in [0.15, 0.2) is 45.3 Å². The molecule has 0 aliphatic carbocycles. The molecule has 94 valence electrons. The van der Waals surface area contributed by atoms with Crippen molar-refractivity contribution in [3.05, 3.63) is 60.0 Å². The van der Waals surface area contributed by atoms with Crippen molar-refractivity contribution in [2.45, 2.75) is 13.5 Å². The highest BCUT2D eigenvalue weighted by molar-refractivity contribution is 14.1. The molecule has 1 N–H and O–H groups in total. The number of benzene rings is 2. The molecule has 1 nitrogen and oxygen atoms in total. The Balaban J connectivity index is 2.11. The van der Waals surface area contributed by atoms with Gasteiger partial charge in [0.15, 0.2) is 0 Å². The van der Waals surface area contributed by atoms with Crippen LogP contribution in [0.25, 0.3) is 0 Å². The van der Waals surface area contributed by atoms with Crippen LogP contribution in [-0.4, -0.2) is 0 Å². The highest BCUT2D eigenvalue weighted by Crippen LogP contribution is 2.26. The molecule has 0 aliphatic rings. The van der Waals surface area contributed by atoms with Gasteiger partial charge in [0.25, 0.3) is 0 Å². The summed E-state index contributed by atoms with van der Waals surface area (Å²) in [5.41, 5.74) is 3.63. The quantitative estimate of drug-likeness (QED) is 0.553. The summed E-state index contributed by atoms with van der Waals surface area (Å²) >= 11 is 9.48. The predicted molar refractivity (Wildman–Crippen MR) is 93.1 cm³/mol. The summed E-state index contributed by atoms with van der Waals surface area (Å²) in [6.07, 6.45) is 0. The van der Waals surface area contributed by atoms with Crippen molar-refractivity contribution < 1.29 is 0 Å². The molecule has 0 aliphatic heterocycles. The molecule has 0 bridgehead atoms. The van der Waals surface area contributed by atoms with Crippen LogP contribution >= 0.6 is 54.5 Å². The monoisotopic (exact) mass is 479 g/mol. The number of hydrogen-bond acceptors (Lipinski definition) is 1. The summed E-state index contributed by atoms with van der Waals surface area (Å²) in [5, 5.41) is 3.44. The van der Waals surface area contributed by atoms with Crippen molar-refractivity contribution in [1.82, 2.24) is 0 Å². The summed E-state index contributed by atoms with van der Waals surface area (Å²) in [4.78, 5) is 0. The Morgan fingerprint density at radius 1 is 1.06 bits per heavy atom. The lowest BCUT2D eigenvalue weighted by Gasteiger charge is -2.10. The minimum absolute atomic E-state index is 0.806. The normalized spacial score (nSPS) is 10.4. The third kappa shape index (κ3) is 3.71. The standard InChI is InChI=1S/C14H12Br2IN/c1-9-2-3-10(12(15)6-9)8-18-14-5-4-11(17)7-13(14)16/h2-7,18H,8H2,1H3. The zero-order chi connectivity index (χ0) is 13.1. The first-order chi connectivity index (χ1) is 8.56. The van der Waals surface area contributed by atoms with E-state index in [0.29, 0.717) is 0 Å². The fourth-order valence-corrected chi connectivity index (χ4v) is 3.69. The van der Waals surface area contributed by atoms with Crippen LogP contribution in [0, 0.1) is 10.5 Å². The number of halogens is 3. The molecule has 0 heterocycles. The van der Waals surface area contributed by atoms with Gasteiger partial charge in [-0.1, -0.05) is 28.1 Å². The first-order valence-corrected chi connectivity index (χ1v) is 8.16. The summed E-state index contributed by atoms with van der Waals surface area (Å²) in [5.74, 6) is 0.